The number of halogens is 1. The molecule has 3 N–H and O–H groups in total. The van der Waals surface area contributed by atoms with Gasteiger partial charge in [-0.3, -0.25) is 4.79 Å². The molecule has 4 fully saturated rings. The average molecular weight is 592 g/mol. The number of likely N-dealkylation sites (tertiary alicyclic amines) is 2. The van der Waals surface area contributed by atoms with Crippen molar-refractivity contribution in [3.8, 4) is 0 Å². The van der Waals surface area contributed by atoms with E-state index in [4.69, 9.17) is 0 Å². The van der Waals surface area contributed by atoms with Crippen molar-refractivity contribution < 1.29 is 19.1 Å². The lowest BCUT2D eigenvalue weighted by atomic mass is 9.57. The van der Waals surface area contributed by atoms with Gasteiger partial charge in [-0.15, -0.1) is 0 Å². The molecular formula is C34H46FN5O3. The smallest absolute Gasteiger partial charge is 0.404 e. The Bertz CT molecular complexity index is 1270. The second-order valence-electron chi connectivity index (χ2n) is 13.2. The van der Waals surface area contributed by atoms with Crippen LogP contribution in [0.4, 0.5) is 14.9 Å². The number of carboxylic acid groups (broad SMARTS) is 1. The van der Waals surface area contributed by atoms with E-state index in [1.165, 1.54) is 12.5 Å². The molecule has 0 spiro atoms. The number of nitrogens with one attached hydrogen (secondary N) is 2. The summed E-state index contributed by atoms with van der Waals surface area (Å²) in [6, 6.07) is 15.0. The van der Waals surface area contributed by atoms with Crippen LogP contribution in [0, 0.1) is 23.6 Å². The molecule has 0 radical (unpaired) electrons. The summed E-state index contributed by atoms with van der Waals surface area (Å²) >= 11 is 0. The largest absolute Gasteiger partial charge is 0.465 e. The standard InChI is InChI=1S/C34H46FN5O3/c1-36-32(41)25-9-11-29(12-10-25)40-21-24(22-40)20-38-17-13-26(14-18-38)34(23-39-15-4-16-39,27-5-2-6-28(35)19-27)30-7-3-8-31(30)37-33(42)43/h2,5-6,9-12,19,24,26,30-31,37H,3-4,7-8,13-18,20-23H2,1H3,(H,36,41)(H,42,43)/t30-,31-,34?/m0/s1. The van der Waals surface area contributed by atoms with E-state index in [-0.39, 0.29) is 29.1 Å². The predicted molar refractivity (Wildman–Crippen MR) is 166 cm³/mol. The topological polar surface area (TPSA) is 88.2 Å². The fourth-order valence-electron chi connectivity index (χ4n) is 8.55. The highest BCUT2D eigenvalue weighted by atomic mass is 19.1. The summed E-state index contributed by atoms with van der Waals surface area (Å²) in [6.07, 6.45) is 5.13. The zero-order chi connectivity index (χ0) is 30.0. The summed E-state index contributed by atoms with van der Waals surface area (Å²) in [6.45, 7) is 8.15. The Hall–Kier alpha value is -3.17. The number of nitrogens with zero attached hydrogens (tertiary/aromatic N) is 3. The lowest BCUT2D eigenvalue weighted by Gasteiger charge is -2.54. The van der Waals surface area contributed by atoms with Gasteiger partial charge < -0.3 is 30.4 Å². The first-order valence-corrected chi connectivity index (χ1v) is 16.1. The summed E-state index contributed by atoms with van der Waals surface area (Å²) < 4.78 is 14.8. The average Bonchev–Trinajstić information content (AvgIpc) is 3.42. The first kappa shape index (κ1) is 29.9. The maximum atomic E-state index is 14.8. The molecule has 232 valence electrons. The minimum absolute atomic E-state index is 0.0654. The van der Waals surface area contributed by atoms with Gasteiger partial charge in [0.1, 0.15) is 5.82 Å². The van der Waals surface area contributed by atoms with Crippen LogP contribution in [0.2, 0.25) is 0 Å². The lowest BCUT2D eigenvalue weighted by Crippen LogP contribution is -2.60. The number of carbonyl (C=O) groups is 2. The van der Waals surface area contributed by atoms with Crippen LogP contribution >= 0.6 is 0 Å². The van der Waals surface area contributed by atoms with Gasteiger partial charge in [0.25, 0.3) is 5.91 Å². The molecule has 3 heterocycles. The van der Waals surface area contributed by atoms with Gasteiger partial charge in [0.05, 0.1) is 0 Å². The maximum Gasteiger partial charge on any atom is 0.404 e. The van der Waals surface area contributed by atoms with Crippen LogP contribution in [-0.4, -0.2) is 92.4 Å². The summed E-state index contributed by atoms with van der Waals surface area (Å²) in [5.41, 5.74) is 2.61. The molecule has 2 amide bonds. The number of anilines is 1. The van der Waals surface area contributed by atoms with Crippen molar-refractivity contribution in [2.75, 3.05) is 64.3 Å². The van der Waals surface area contributed by atoms with Gasteiger partial charge >= 0.3 is 6.09 Å². The van der Waals surface area contributed by atoms with E-state index in [9.17, 15) is 19.1 Å². The molecule has 2 aromatic rings. The van der Waals surface area contributed by atoms with Crippen LogP contribution in [-0.2, 0) is 5.41 Å². The fourth-order valence-corrected chi connectivity index (χ4v) is 8.55. The predicted octanol–water partition coefficient (Wildman–Crippen LogP) is 4.41. The third-order valence-electron chi connectivity index (χ3n) is 10.8. The van der Waals surface area contributed by atoms with Gasteiger partial charge in [-0.25, -0.2) is 9.18 Å². The van der Waals surface area contributed by atoms with E-state index in [0.29, 0.717) is 17.4 Å². The fraction of sp³-hybridized carbons (Fsp3) is 0.588. The molecular weight excluding hydrogens is 545 g/mol. The first-order chi connectivity index (χ1) is 20.9. The Morgan fingerprint density at radius 1 is 0.953 bits per heavy atom. The highest BCUT2D eigenvalue weighted by molar-refractivity contribution is 5.94. The first-order valence-electron chi connectivity index (χ1n) is 16.1. The van der Waals surface area contributed by atoms with Gasteiger partial charge in [-0.1, -0.05) is 18.6 Å². The molecule has 1 aliphatic carbocycles. The molecule has 6 rings (SSSR count). The van der Waals surface area contributed by atoms with Crippen molar-refractivity contribution in [2.24, 2.45) is 17.8 Å². The third kappa shape index (κ3) is 6.25. The van der Waals surface area contributed by atoms with E-state index in [1.54, 1.807) is 13.1 Å². The van der Waals surface area contributed by atoms with Crippen LogP contribution in [0.25, 0.3) is 0 Å². The molecule has 43 heavy (non-hydrogen) atoms. The molecule has 3 atom stereocenters. The minimum Gasteiger partial charge on any atom is -0.465 e. The number of piperidine rings is 1. The van der Waals surface area contributed by atoms with Crippen molar-refractivity contribution >= 4 is 17.7 Å². The molecule has 0 bridgehead atoms. The number of rotatable bonds is 10. The van der Waals surface area contributed by atoms with E-state index in [1.807, 2.05) is 30.3 Å². The Morgan fingerprint density at radius 2 is 1.70 bits per heavy atom. The SMILES string of the molecule is CNC(=O)c1ccc(N2CC(CN3CCC(C(CN4CCC4)(c4cccc(F)c4)[C@H]4CCC[C@@H]4NC(=O)O)CC3)C2)cc1. The summed E-state index contributed by atoms with van der Waals surface area (Å²) in [4.78, 5) is 31.2. The second kappa shape index (κ2) is 12.8. The van der Waals surface area contributed by atoms with Crippen LogP contribution in [0.3, 0.4) is 0 Å². The van der Waals surface area contributed by atoms with Crippen LogP contribution in [0.15, 0.2) is 48.5 Å². The van der Waals surface area contributed by atoms with Crippen LogP contribution in [0.1, 0.15) is 54.4 Å². The Balaban J connectivity index is 1.14. The van der Waals surface area contributed by atoms with Crippen LogP contribution < -0.4 is 15.5 Å². The van der Waals surface area contributed by atoms with E-state index < -0.39 is 6.09 Å². The molecule has 1 unspecified atom stereocenters. The van der Waals surface area contributed by atoms with E-state index in [0.717, 1.165) is 95.7 Å². The number of hydrogen-bond donors (Lipinski definition) is 3. The molecule has 9 heteroatoms. The van der Waals surface area contributed by atoms with Gasteiger partial charge in [-0.05, 0) is 112 Å². The Morgan fingerprint density at radius 3 is 2.33 bits per heavy atom. The maximum absolute atomic E-state index is 14.8. The van der Waals surface area contributed by atoms with Gasteiger partial charge in [-0.2, -0.15) is 0 Å². The summed E-state index contributed by atoms with van der Waals surface area (Å²) in [5, 5.41) is 15.2. The van der Waals surface area contributed by atoms with E-state index >= 15 is 0 Å². The van der Waals surface area contributed by atoms with Crippen LogP contribution in [0.5, 0.6) is 0 Å². The van der Waals surface area contributed by atoms with Gasteiger partial charge in [0.2, 0.25) is 0 Å². The zero-order valence-electron chi connectivity index (χ0n) is 25.3. The highest BCUT2D eigenvalue weighted by Gasteiger charge is 2.53. The number of amides is 2. The minimum atomic E-state index is -0.958. The molecule has 2 aromatic carbocycles. The quantitative estimate of drug-likeness (QED) is 0.380. The van der Waals surface area contributed by atoms with Crippen molar-refractivity contribution in [3.63, 3.8) is 0 Å². The lowest BCUT2D eigenvalue weighted by molar-refractivity contribution is 0.0226. The molecule has 3 aliphatic heterocycles. The van der Waals surface area contributed by atoms with Gasteiger partial charge in [0.15, 0.2) is 0 Å². The molecule has 3 saturated heterocycles. The van der Waals surface area contributed by atoms with Crippen molar-refractivity contribution in [2.45, 2.75) is 50.0 Å². The number of carbonyl (C=O) groups excluding carboxylic acids is 1. The van der Waals surface area contributed by atoms with Crippen molar-refractivity contribution in [1.29, 1.82) is 0 Å². The summed E-state index contributed by atoms with van der Waals surface area (Å²) in [7, 11) is 1.65. The van der Waals surface area contributed by atoms with Crippen molar-refractivity contribution in [1.82, 2.24) is 20.4 Å². The second-order valence-corrected chi connectivity index (χ2v) is 13.2. The summed E-state index contributed by atoms with van der Waals surface area (Å²) in [5.74, 6) is 0.857. The molecule has 0 aromatic heterocycles. The molecule has 4 aliphatic rings. The normalized spacial score (nSPS) is 25.0. The van der Waals surface area contributed by atoms with Gasteiger partial charge in [0, 0.05) is 61.9 Å². The highest BCUT2D eigenvalue weighted by Crippen LogP contribution is 2.51. The zero-order valence-corrected chi connectivity index (χ0v) is 25.3. The Kier molecular flexibility index (Phi) is 8.91. The molecule has 1 saturated carbocycles. The monoisotopic (exact) mass is 591 g/mol. The van der Waals surface area contributed by atoms with E-state index in [2.05, 4.69) is 31.4 Å². The Labute approximate surface area is 254 Å². The third-order valence-corrected chi connectivity index (χ3v) is 10.8. The number of hydrogen-bond acceptors (Lipinski definition) is 5. The molecule has 8 nitrogen and oxygen atoms in total. The van der Waals surface area contributed by atoms with Crippen molar-refractivity contribution in [3.05, 3.63) is 65.5 Å². The number of benzene rings is 2.